The number of hydrogen-bond donors (Lipinski definition) is 0. The smallest absolute Gasteiger partial charge is 0.319 e. The predicted octanol–water partition coefficient (Wildman–Crippen LogP) is -0.0238. The number of ether oxygens (including phenoxy) is 2. The molecular weight excluding hydrogens is 236 g/mol. The summed E-state index contributed by atoms with van der Waals surface area (Å²) in [6.07, 6.45) is 0. The highest BCUT2D eigenvalue weighted by Crippen LogP contribution is 1.94. The molecule has 6 nitrogen and oxygen atoms in total. The Hall–Kier alpha value is -1.14. The number of methoxy groups -OCH3 is 2. The minimum Gasteiger partial charge on any atom is -0.468 e. The Bertz CT molecular complexity index is 236. The van der Waals surface area contributed by atoms with Crippen LogP contribution in [0.2, 0.25) is 0 Å². The molecule has 0 saturated carbocycles. The molecule has 0 aliphatic rings. The van der Waals surface area contributed by atoms with Crippen LogP contribution in [0.4, 0.5) is 0 Å². The molecule has 18 heavy (non-hydrogen) atoms. The van der Waals surface area contributed by atoms with Crippen molar-refractivity contribution in [2.45, 2.75) is 13.8 Å². The van der Waals surface area contributed by atoms with Crippen LogP contribution >= 0.6 is 0 Å². The van der Waals surface area contributed by atoms with Gasteiger partial charge in [0.15, 0.2) is 0 Å². The van der Waals surface area contributed by atoms with E-state index in [2.05, 4.69) is 28.2 Å². The van der Waals surface area contributed by atoms with E-state index >= 15 is 0 Å². The van der Waals surface area contributed by atoms with E-state index in [1.54, 1.807) is 4.90 Å². The van der Waals surface area contributed by atoms with Crippen molar-refractivity contribution < 1.29 is 19.1 Å². The van der Waals surface area contributed by atoms with Gasteiger partial charge < -0.3 is 14.4 Å². The van der Waals surface area contributed by atoms with Crippen LogP contribution in [0.25, 0.3) is 0 Å². The summed E-state index contributed by atoms with van der Waals surface area (Å²) in [4.78, 5) is 26.4. The zero-order valence-electron chi connectivity index (χ0n) is 11.8. The molecule has 0 spiro atoms. The van der Waals surface area contributed by atoms with Gasteiger partial charge in [0.25, 0.3) is 0 Å². The zero-order valence-corrected chi connectivity index (χ0v) is 11.8. The molecule has 0 aromatic rings. The highest BCUT2D eigenvalue weighted by Gasteiger charge is 2.15. The van der Waals surface area contributed by atoms with Crippen LogP contribution in [-0.2, 0) is 19.1 Å². The Morgan fingerprint density at radius 1 is 0.833 bits per heavy atom. The maximum atomic E-state index is 11.2. The largest absolute Gasteiger partial charge is 0.468 e. The number of rotatable bonds is 9. The van der Waals surface area contributed by atoms with E-state index in [-0.39, 0.29) is 25.0 Å². The van der Waals surface area contributed by atoms with Gasteiger partial charge in [-0.1, -0.05) is 13.8 Å². The molecule has 0 aliphatic carbocycles. The van der Waals surface area contributed by atoms with Crippen molar-refractivity contribution in [3.05, 3.63) is 0 Å². The van der Waals surface area contributed by atoms with Crippen LogP contribution in [0.5, 0.6) is 0 Å². The average Bonchev–Trinajstić information content (AvgIpc) is 2.39. The molecule has 0 aromatic carbocycles. The molecule has 0 atom stereocenters. The minimum absolute atomic E-state index is 0.104. The molecule has 0 N–H and O–H groups in total. The summed E-state index contributed by atoms with van der Waals surface area (Å²) < 4.78 is 9.22. The van der Waals surface area contributed by atoms with Crippen molar-refractivity contribution in [1.82, 2.24) is 9.80 Å². The number of esters is 2. The second kappa shape index (κ2) is 9.85. The van der Waals surface area contributed by atoms with E-state index < -0.39 is 0 Å². The highest BCUT2D eigenvalue weighted by atomic mass is 16.5. The molecule has 0 heterocycles. The topological polar surface area (TPSA) is 59.1 Å². The van der Waals surface area contributed by atoms with Crippen molar-refractivity contribution in [3.8, 4) is 0 Å². The van der Waals surface area contributed by atoms with Crippen LogP contribution in [0.15, 0.2) is 0 Å². The molecule has 0 rings (SSSR count). The first-order valence-electron chi connectivity index (χ1n) is 6.15. The number of likely N-dealkylation sites (N-methyl/N-ethyl adjacent to an activating group) is 1. The van der Waals surface area contributed by atoms with E-state index in [0.717, 1.165) is 19.6 Å². The van der Waals surface area contributed by atoms with Crippen molar-refractivity contribution in [1.29, 1.82) is 0 Å². The van der Waals surface area contributed by atoms with Gasteiger partial charge in [-0.2, -0.15) is 0 Å². The first kappa shape index (κ1) is 16.9. The fourth-order valence-electron chi connectivity index (χ4n) is 1.53. The maximum Gasteiger partial charge on any atom is 0.319 e. The lowest BCUT2D eigenvalue weighted by molar-refractivity contribution is -0.145. The van der Waals surface area contributed by atoms with Gasteiger partial charge in [0, 0.05) is 13.1 Å². The molecule has 0 bridgehead atoms. The summed E-state index contributed by atoms with van der Waals surface area (Å²) in [5, 5.41) is 0. The zero-order chi connectivity index (χ0) is 14.0. The maximum absolute atomic E-state index is 11.2. The third-order valence-electron chi connectivity index (χ3n) is 2.79. The normalized spacial score (nSPS) is 10.8. The van der Waals surface area contributed by atoms with E-state index in [4.69, 9.17) is 0 Å². The second-order valence-electron chi connectivity index (χ2n) is 3.89. The Labute approximate surface area is 109 Å². The molecule has 0 unspecified atom stereocenters. The van der Waals surface area contributed by atoms with Crippen LogP contribution in [0.1, 0.15) is 13.8 Å². The minimum atomic E-state index is -0.349. The number of nitrogens with zero attached hydrogens (tertiary/aromatic N) is 2. The summed E-state index contributed by atoms with van der Waals surface area (Å²) in [6.45, 7) is 7.69. The molecule has 0 amide bonds. The highest BCUT2D eigenvalue weighted by molar-refractivity contribution is 5.74. The van der Waals surface area contributed by atoms with Crippen LogP contribution < -0.4 is 0 Å². The second-order valence-corrected chi connectivity index (χ2v) is 3.89. The third-order valence-corrected chi connectivity index (χ3v) is 2.79. The van der Waals surface area contributed by atoms with Gasteiger partial charge >= 0.3 is 11.9 Å². The van der Waals surface area contributed by atoms with Gasteiger partial charge in [-0.15, -0.1) is 0 Å². The monoisotopic (exact) mass is 260 g/mol. The molecular formula is C12H24N2O4. The third kappa shape index (κ3) is 7.24. The molecule has 0 aliphatic heterocycles. The van der Waals surface area contributed by atoms with Gasteiger partial charge in [-0.25, -0.2) is 0 Å². The van der Waals surface area contributed by atoms with Gasteiger partial charge in [0.05, 0.1) is 27.3 Å². The summed E-state index contributed by atoms with van der Waals surface area (Å²) in [6, 6.07) is 0. The Morgan fingerprint density at radius 3 is 1.56 bits per heavy atom. The molecule has 0 fully saturated rings. The van der Waals surface area contributed by atoms with Crippen molar-refractivity contribution >= 4 is 11.9 Å². The van der Waals surface area contributed by atoms with E-state index in [1.807, 2.05) is 0 Å². The number of carbonyl (C=O) groups is 2. The van der Waals surface area contributed by atoms with Crippen molar-refractivity contribution in [2.24, 2.45) is 0 Å². The standard InChI is InChI=1S/C12H24N2O4/c1-5-13(6-2)7-8-14(9-11(15)17-3)10-12(16)18-4/h5-10H2,1-4H3. The van der Waals surface area contributed by atoms with Gasteiger partial charge in [0.2, 0.25) is 0 Å². The lowest BCUT2D eigenvalue weighted by Gasteiger charge is -2.24. The summed E-state index contributed by atoms with van der Waals surface area (Å²) in [7, 11) is 2.67. The first-order valence-corrected chi connectivity index (χ1v) is 6.15. The fourth-order valence-corrected chi connectivity index (χ4v) is 1.53. The van der Waals surface area contributed by atoms with Gasteiger partial charge in [-0.05, 0) is 13.1 Å². The average molecular weight is 260 g/mol. The van der Waals surface area contributed by atoms with Crippen molar-refractivity contribution in [3.63, 3.8) is 0 Å². The van der Waals surface area contributed by atoms with Crippen molar-refractivity contribution in [2.75, 3.05) is 53.5 Å². The molecule has 0 radical (unpaired) electrons. The lowest BCUT2D eigenvalue weighted by Crippen LogP contribution is -2.41. The van der Waals surface area contributed by atoms with E-state index in [0.29, 0.717) is 6.54 Å². The Balaban J connectivity index is 4.27. The predicted molar refractivity (Wildman–Crippen MR) is 68.3 cm³/mol. The first-order chi connectivity index (χ1) is 8.57. The fraction of sp³-hybridized carbons (Fsp3) is 0.833. The number of carbonyl (C=O) groups excluding carboxylic acids is 2. The molecule has 0 aromatic heterocycles. The van der Waals surface area contributed by atoms with Crippen LogP contribution in [0.3, 0.4) is 0 Å². The quantitative estimate of drug-likeness (QED) is 0.543. The van der Waals surface area contributed by atoms with E-state index in [1.165, 1.54) is 14.2 Å². The molecule has 0 saturated heterocycles. The number of hydrogen-bond acceptors (Lipinski definition) is 6. The van der Waals surface area contributed by atoms with Gasteiger partial charge in [-0.3, -0.25) is 14.5 Å². The summed E-state index contributed by atoms with van der Waals surface area (Å²) in [5.74, 6) is -0.697. The summed E-state index contributed by atoms with van der Waals surface area (Å²) in [5.41, 5.74) is 0. The molecule has 6 heteroatoms. The Morgan fingerprint density at radius 2 is 1.22 bits per heavy atom. The Kier molecular flexibility index (Phi) is 9.22. The molecule has 106 valence electrons. The SMILES string of the molecule is CCN(CC)CCN(CC(=O)OC)CC(=O)OC. The van der Waals surface area contributed by atoms with Crippen LogP contribution in [0, 0.1) is 0 Å². The van der Waals surface area contributed by atoms with E-state index in [9.17, 15) is 9.59 Å². The lowest BCUT2D eigenvalue weighted by atomic mass is 10.4. The summed E-state index contributed by atoms with van der Waals surface area (Å²) >= 11 is 0. The van der Waals surface area contributed by atoms with Crippen LogP contribution in [-0.4, -0.2) is 75.2 Å². The van der Waals surface area contributed by atoms with Gasteiger partial charge in [0.1, 0.15) is 0 Å².